The van der Waals surface area contributed by atoms with Crippen LogP contribution in [0.5, 0.6) is 0 Å². The number of hydrogen-bond acceptors (Lipinski definition) is 3. The Kier molecular flexibility index (Phi) is 3.31. The molecule has 3 nitrogen and oxygen atoms in total. The second-order valence-corrected chi connectivity index (χ2v) is 4.24. The van der Waals surface area contributed by atoms with E-state index in [2.05, 4.69) is 9.97 Å². The minimum absolute atomic E-state index is 0.748. The second-order valence-electron chi connectivity index (χ2n) is 4.24. The average molecular weight is 205 g/mol. The minimum atomic E-state index is 0.748. The molecule has 0 unspecified atom stereocenters. The standard InChI is InChI=1S/C12H19N3/c1-9-14-11-6-3-2-5-10(11)12(15-9)7-4-8-13/h2-8,13H2,1H3. The molecule has 0 aliphatic heterocycles. The molecule has 0 saturated heterocycles. The highest BCUT2D eigenvalue weighted by Crippen LogP contribution is 2.22. The van der Waals surface area contributed by atoms with Crippen molar-refractivity contribution in [2.45, 2.75) is 45.4 Å². The van der Waals surface area contributed by atoms with Crippen molar-refractivity contribution >= 4 is 0 Å². The normalized spacial score (nSPS) is 15.1. The third kappa shape index (κ3) is 2.34. The fourth-order valence-electron chi connectivity index (χ4n) is 2.28. The van der Waals surface area contributed by atoms with Gasteiger partial charge in [-0.3, -0.25) is 0 Å². The van der Waals surface area contributed by atoms with Gasteiger partial charge in [0.05, 0.1) is 0 Å². The molecule has 0 amide bonds. The zero-order chi connectivity index (χ0) is 10.7. The van der Waals surface area contributed by atoms with E-state index in [1.807, 2.05) is 6.92 Å². The fourth-order valence-corrected chi connectivity index (χ4v) is 2.28. The number of rotatable bonds is 3. The molecule has 0 spiro atoms. The lowest BCUT2D eigenvalue weighted by atomic mass is 9.93. The Morgan fingerprint density at radius 1 is 1.20 bits per heavy atom. The van der Waals surface area contributed by atoms with Gasteiger partial charge in [0.2, 0.25) is 0 Å². The van der Waals surface area contributed by atoms with Crippen molar-refractivity contribution in [3.8, 4) is 0 Å². The molecule has 1 aromatic heterocycles. The molecule has 3 heteroatoms. The van der Waals surface area contributed by atoms with Gasteiger partial charge < -0.3 is 5.73 Å². The maximum atomic E-state index is 5.55. The van der Waals surface area contributed by atoms with Crippen LogP contribution in [0.4, 0.5) is 0 Å². The van der Waals surface area contributed by atoms with Gasteiger partial charge in [-0.05, 0) is 57.6 Å². The van der Waals surface area contributed by atoms with Crippen LogP contribution in [0.2, 0.25) is 0 Å². The van der Waals surface area contributed by atoms with E-state index in [1.54, 1.807) is 0 Å². The van der Waals surface area contributed by atoms with E-state index in [0.717, 1.165) is 38.1 Å². The summed E-state index contributed by atoms with van der Waals surface area (Å²) in [6.07, 6.45) is 6.91. The number of hydrogen-bond donors (Lipinski definition) is 1. The molecular formula is C12H19N3. The lowest BCUT2D eigenvalue weighted by Gasteiger charge is -2.18. The van der Waals surface area contributed by atoms with E-state index < -0.39 is 0 Å². The summed E-state index contributed by atoms with van der Waals surface area (Å²) in [6.45, 7) is 2.73. The second kappa shape index (κ2) is 4.71. The monoisotopic (exact) mass is 205 g/mol. The number of aromatic nitrogens is 2. The van der Waals surface area contributed by atoms with Gasteiger partial charge in [0.25, 0.3) is 0 Å². The maximum absolute atomic E-state index is 5.55. The predicted octanol–water partition coefficient (Wildman–Crippen LogP) is 1.56. The van der Waals surface area contributed by atoms with Crippen LogP contribution < -0.4 is 5.73 Å². The van der Waals surface area contributed by atoms with Crippen LogP contribution in [0.25, 0.3) is 0 Å². The molecule has 0 saturated carbocycles. The Bertz CT molecular complexity index is 347. The van der Waals surface area contributed by atoms with Crippen LogP contribution in [0.3, 0.4) is 0 Å². The van der Waals surface area contributed by atoms with Crippen molar-refractivity contribution in [3.63, 3.8) is 0 Å². The van der Waals surface area contributed by atoms with Gasteiger partial charge in [0.1, 0.15) is 5.82 Å². The Morgan fingerprint density at radius 2 is 2.00 bits per heavy atom. The van der Waals surface area contributed by atoms with Crippen LogP contribution >= 0.6 is 0 Å². The van der Waals surface area contributed by atoms with Crippen LogP contribution in [0.1, 0.15) is 42.0 Å². The Balaban J connectivity index is 2.30. The van der Waals surface area contributed by atoms with E-state index in [-0.39, 0.29) is 0 Å². The highest BCUT2D eigenvalue weighted by molar-refractivity contribution is 5.28. The highest BCUT2D eigenvalue weighted by atomic mass is 14.9. The van der Waals surface area contributed by atoms with Crippen LogP contribution in [0.15, 0.2) is 0 Å². The van der Waals surface area contributed by atoms with E-state index in [1.165, 1.54) is 29.8 Å². The number of aryl methyl sites for hydroxylation is 3. The molecule has 0 bridgehead atoms. The van der Waals surface area contributed by atoms with E-state index >= 15 is 0 Å². The lowest BCUT2D eigenvalue weighted by molar-refractivity contribution is 0.640. The summed E-state index contributed by atoms with van der Waals surface area (Å²) in [6, 6.07) is 0. The van der Waals surface area contributed by atoms with E-state index in [9.17, 15) is 0 Å². The molecule has 15 heavy (non-hydrogen) atoms. The van der Waals surface area contributed by atoms with Crippen molar-refractivity contribution in [1.29, 1.82) is 0 Å². The van der Waals surface area contributed by atoms with Crippen molar-refractivity contribution in [1.82, 2.24) is 9.97 Å². The summed E-state index contributed by atoms with van der Waals surface area (Å²) >= 11 is 0. The largest absolute Gasteiger partial charge is 0.330 e. The summed E-state index contributed by atoms with van der Waals surface area (Å²) in [4.78, 5) is 9.10. The summed E-state index contributed by atoms with van der Waals surface area (Å²) < 4.78 is 0. The first kappa shape index (κ1) is 10.6. The van der Waals surface area contributed by atoms with Gasteiger partial charge in [-0.2, -0.15) is 0 Å². The molecule has 0 aromatic carbocycles. The van der Waals surface area contributed by atoms with Crippen LogP contribution in [-0.2, 0) is 19.3 Å². The molecule has 1 heterocycles. The zero-order valence-corrected chi connectivity index (χ0v) is 9.42. The van der Waals surface area contributed by atoms with Crippen LogP contribution in [-0.4, -0.2) is 16.5 Å². The molecule has 0 atom stereocenters. The average Bonchev–Trinajstić information content (AvgIpc) is 2.25. The van der Waals surface area contributed by atoms with Gasteiger partial charge in [-0.25, -0.2) is 9.97 Å². The van der Waals surface area contributed by atoms with E-state index in [0.29, 0.717) is 0 Å². The first-order chi connectivity index (χ1) is 7.31. The van der Waals surface area contributed by atoms with Crippen molar-refractivity contribution in [3.05, 3.63) is 22.8 Å². The highest BCUT2D eigenvalue weighted by Gasteiger charge is 2.15. The molecule has 0 radical (unpaired) electrons. The molecule has 0 fully saturated rings. The first-order valence-corrected chi connectivity index (χ1v) is 5.86. The van der Waals surface area contributed by atoms with Gasteiger partial charge in [0, 0.05) is 11.4 Å². The van der Waals surface area contributed by atoms with Gasteiger partial charge in [-0.15, -0.1) is 0 Å². The SMILES string of the molecule is Cc1nc(CCCN)c2c(n1)CCCC2. The van der Waals surface area contributed by atoms with Gasteiger partial charge in [0.15, 0.2) is 0 Å². The third-order valence-corrected chi connectivity index (χ3v) is 3.00. The maximum Gasteiger partial charge on any atom is 0.125 e. The number of fused-ring (bicyclic) bond motifs is 1. The quantitative estimate of drug-likeness (QED) is 0.814. The molecule has 1 aromatic rings. The molecule has 1 aliphatic carbocycles. The summed E-state index contributed by atoms with van der Waals surface area (Å²) in [7, 11) is 0. The van der Waals surface area contributed by atoms with Gasteiger partial charge in [-0.1, -0.05) is 0 Å². The summed E-state index contributed by atoms with van der Waals surface area (Å²) in [5.41, 5.74) is 9.51. The van der Waals surface area contributed by atoms with Crippen LogP contribution in [0, 0.1) is 6.92 Å². The van der Waals surface area contributed by atoms with E-state index in [4.69, 9.17) is 5.73 Å². The Labute approximate surface area is 91.1 Å². The number of nitrogens with zero attached hydrogens (tertiary/aromatic N) is 2. The fraction of sp³-hybridized carbons (Fsp3) is 0.667. The minimum Gasteiger partial charge on any atom is -0.330 e. The molecule has 2 rings (SSSR count). The first-order valence-electron chi connectivity index (χ1n) is 5.86. The molecule has 82 valence electrons. The topological polar surface area (TPSA) is 51.8 Å². The Morgan fingerprint density at radius 3 is 2.80 bits per heavy atom. The zero-order valence-electron chi connectivity index (χ0n) is 9.42. The molecule has 1 aliphatic rings. The summed E-state index contributed by atoms with van der Waals surface area (Å²) in [5.74, 6) is 0.919. The van der Waals surface area contributed by atoms with Gasteiger partial charge >= 0.3 is 0 Å². The molecular weight excluding hydrogens is 186 g/mol. The molecule has 2 N–H and O–H groups in total. The summed E-state index contributed by atoms with van der Waals surface area (Å²) in [5, 5.41) is 0. The number of nitrogens with two attached hydrogens (primary N) is 1. The lowest BCUT2D eigenvalue weighted by Crippen LogP contribution is -2.13. The smallest absolute Gasteiger partial charge is 0.125 e. The Hall–Kier alpha value is -0.960. The van der Waals surface area contributed by atoms with Crippen molar-refractivity contribution < 1.29 is 0 Å². The third-order valence-electron chi connectivity index (χ3n) is 3.00. The van der Waals surface area contributed by atoms with Crippen molar-refractivity contribution in [2.75, 3.05) is 6.54 Å². The van der Waals surface area contributed by atoms with Crippen molar-refractivity contribution in [2.24, 2.45) is 5.73 Å². The predicted molar refractivity (Wildman–Crippen MR) is 60.8 cm³/mol.